The lowest BCUT2D eigenvalue weighted by Gasteiger charge is -2.19. The normalized spacial score (nSPS) is 12.2. The van der Waals surface area contributed by atoms with Crippen molar-refractivity contribution in [1.29, 1.82) is 0 Å². The first-order chi connectivity index (χ1) is 13.2. The van der Waals surface area contributed by atoms with Crippen LogP contribution in [-0.4, -0.2) is 25.6 Å². The Morgan fingerprint density at radius 3 is 2.50 bits per heavy atom. The number of rotatable bonds is 7. The van der Waals surface area contributed by atoms with Crippen LogP contribution in [0.3, 0.4) is 0 Å². The number of alkyl halides is 3. The highest BCUT2D eigenvalue weighted by atomic mass is 79.9. The van der Waals surface area contributed by atoms with Crippen LogP contribution in [0.1, 0.15) is 23.6 Å². The van der Waals surface area contributed by atoms with Crippen molar-refractivity contribution in [2.24, 2.45) is 0 Å². The highest BCUT2D eigenvalue weighted by Gasteiger charge is 2.30. The van der Waals surface area contributed by atoms with Crippen LogP contribution in [0.2, 0.25) is 0 Å². The average Bonchev–Trinajstić information content (AvgIpc) is 2.65. The second-order valence-electron chi connectivity index (χ2n) is 5.77. The largest absolute Gasteiger partial charge is 0.484 e. The SMILES string of the molecule is COC(=O)CC(NC(=O)COc1cccc(C(F)(F)F)c1)c1cccc(Br)c1. The van der Waals surface area contributed by atoms with Gasteiger partial charge in [-0.1, -0.05) is 34.1 Å². The maximum absolute atomic E-state index is 12.7. The number of halogens is 4. The van der Waals surface area contributed by atoms with Crippen LogP contribution in [0.5, 0.6) is 5.75 Å². The second-order valence-corrected chi connectivity index (χ2v) is 6.69. The molecule has 0 aromatic heterocycles. The van der Waals surface area contributed by atoms with Crippen molar-refractivity contribution in [3.05, 3.63) is 64.1 Å². The number of ether oxygens (including phenoxy) is 2. The minimum absolute atomic E-state index is 0.0862. The zero-order chi connectivity index (χ0) is 20.7. The molecule has 0 heterocycles. The fourth-order valence-electron chi connectivity index (χ4n) is 2.37. The summed E-state index contributed by atoms with van der Waals surface area (Å²) in [6.45, 7) is -0.507. The molecule has 2 aromatic rings. The summed E-state index contributed by atoms with van der Waals surface area (Å²) in [5.74, 6) is -1.20. The molecule has 2 aromatic carbocycles. The molecule has 0 aliphatic rings. The van der Waals surface area contributed by atoms with Gasteiger partial charge in [0.1, 0.15) is 5.75 Å². The Hall–Kier alpha value is -2.55. The van der Waals surface area contributed by atoms with Crippen molar-refractivity contribution in [2.45, 2.75) is 18.6 Å². The number of nitrogens with one attached hydrogen (secondary N) is 1. The summed E-state index contributed by atoms with van der Waals surface area (Å²) in [6.07, 6.45) is -4.61. The van der Waals surface area contributed by atoms with Gasteiger partial charge in [-0.2, -0.15) is 13.2 Å². The number of esters is 1. The number of hydrogen-bond acceptors (Lipinski definition) is 4. The number of hydrogen-bond donors (Lipinski definition) is 1. The molecule has 0 saturated carbocycles. The van der Waals surface area contributed by atoms with E-state index in [1.54, 1.807) is 24.3 Å². The summed E-state index contributed by atoms with van der Waals surface area (Å²) in [7, 11) is 1.23. The van der Waals surface area contributed by atoms with Gasteiger partial charge in [0.05, 0.1) is 25.1 Å². The van der Waals surface area contributed by atoms with Crippen molar-refractivity contribution >= 4 is 27.8 Å². The van der Waals surface area contributed by atoms with Crippen LogP contribution in [-0.2, 0) is 20.5 Å². The number of carbonyl (C=O) groups excluding carboxylic acids is 2. The van der Waals surface area contributed by atoms with E-state index >= 15 is 0 Å². The predicted molar refractivity (Wildman–Crippen MR) is 98.6 cm³/mol. The van der Waals surface area contributed by atoms with Gasteiger partial charge < -0.3 is 14.8 Å². The molecular formula is C19H17BrF3NO4. The van der Waals surface area contributed by atoms with E-state index in [0.29, 0.717) is 5.56 Å². The Morgan fingerprint density at radius 1 is 1.14 bits per heavy atom. The fourth-order valence-corrected chi connectivity index (χ4v) is 2.79. The number of carbonyl (C=O) groups is 2. The molecule has 0 radical (unpaired) electrons. The van der Waals surface area contributed by atoms with Gasteiger partial charge in [0, 0.05) is 4.47 Å². The summed E-state index contributed by atoms with van der Waals surface area (Å²) >= 11 is 3.32. The molecule has 1 atom stereocenters. The van der Waals surface area contributed by atoms with Gasteiger partial charge in [-0.25, -0.2) is 0 Å². The van der Waals surface area contributed by atoms with Crippen LogP contribution in [0, 0.1) is 0 Å². The molecule has 2 rings (SSSR count). The van der Waals surface area contributed by atoms with Crippen LogP contribution in [0.25, 0.3) is 0 Å². The van der Waals surface area contributed by atoms with Gasteiger partial charge in [-0.3, -0.25) is 9.59 Å². The van der Waals surface area contributed by atoms with Crippen molar-refractivity contribution < 1.29 is 32.2 Å². The molecule has 0 aliphatic carbocycles. The van der Waals surface area contributed by atoms with E-state index in [0.717, 1.165) is 16.6 Å². The molecule has 0 bridgehead atoms. The third-order valence-corrected chi connectivity index (χ3v) is 4.21. The molecule has 150 valence electrons. The molecule has 1 N–H and O–H groups in total. The minimum Gasteiger partial charge on any atom is -0.484 e. The first-order valence-corrected chi connectivity index (χ1v) is 8.90. The lowest BCUT2D eigenvalue weighted by atomic mass is 10.0. The Bertz CT molecular complexity index is 842. The predicted octanol–water partition coefficient (Wildman–Crippen LogP) is 4.27. The fraction of sp³-hybridized carbons (Fsp3) is 0.263. The van der Waals surface area contributed by atoms with Crippen molar-refractivity contribution in [3.8, 4) is 5.75 Å². The monoisotopic (exact) mass is 459 g/mol. The summed E-state index contributed by atoms with van der Waals surface area (Å²) in [6, 6.07) is 10.6. The van der Waals surface area contributed by atoms with Gasteiger partial charge in [0.25, 0.3) is 5.91 Å². The molecule has 0 saturated heterocycles. The van der Waals surface area contributed by atoms with E-state index in [-0.39, 0.29) is 12.2 Å². The molecule has 0 spiro atoms. The summed E-state index contributed by atoms with van der Waals surface area (Å²) < 4.78 is 48.8. The molecule has 9 heteroatoms. The Labute approximate surface area is 168 Å². The lowest BCUT2D eigenvalue weighted by molar-refractivity contribution is -0.141. The van der Waals surface area contributed by atoms with E-state index in [9.17, 15) is 22.8 Å². The first-order valence-electron chi connectivity index (χ1n) is 8.10. The van der Waals surface area contributed by atoms with Crippen molar-refractivity contribution in [1.82, 2.24) is 5.32 Å². The van der Waals surface area contributed by atoms with Gasteiger partial charge in [0.2, 0.25) is 0 Å². The molecule has 5 nitrogen and oxygen atoms in total. The third-order valence-electron chi connectivity index (χ3n) is 3.72. The molecule has 1 unspecified atom stereocenters. The Kier molecular flexibility index (Phi) is 7.45. The van der Waals surface area contributed by atoms with E-state index in [2.05, 4.69) is 26.0 Å². The highest BCUT2D eigenvalue weighted by molar-refractivity contribution is 9.10. The standard InChI is InChI=1S/C19H17BrF3NO4/c1-27-18(26)10-16(12-4-2-6-14(20)8-12)24-17(25)11-28-15-7-3-5-13(9-15)19(21,22)23/h2-9,16H,10-11H2,1H3,(H,24,25). The van der Waals surface area contributed by atoms with Crippen LogP contribution < -0.4 is 10.1 Å². The van der Waals surface area contributed by atoms with Crippen LogP contribution in [0.15, 0.2) is 53.0 Å². The van der Waals surface area contributed by atoms with Gasteiger partial charge in [0.15, 0.2) is 6.61 Å². The van der Waals surface area contributed by atoms with E-state index in [4.69, 9.17) is 4.74 Å². The quantitative estimate of drug-likeness (QED) is 0.628. The van der Waals surface area contributed by atoms with Crippen molar-refractivity contribution in [2.75, 3.05) is 13.7 Å². The van der Waals surface area contributed by atoms with E-state index in [1.807, 2.05) is 0 Å². The van der Waals surface area contributed by atoms with E-state index in [1.165, 1.54) is 19.2 Å². The average molecular weight is 460 g/mol. The topological polar surface area (TPSA) is 64.6 Å². The summed E-state index contributed by atoms with van der Waals surface area (Å²) in [5, 5.41) is 2.63. The van der Waals surface area contributed by atoms with Gasteiger partial charge in [-0.05, 0) is 35.9 Å². The maximum Gasteiger partial charge on any atom is 0.416 e. The minimum atomic E-state index is -4.51. The Balaban J connectivity index is 2.04. The number of benzene rings is 2. The van der Waals surface area contributed by atoms with Crippen LogP contribution in [0.4, 0.5) is 13.2 Å². The van der Waals surface area contributed by atoms with E-state index < -0.39 is 36.3 Å². The summed E-state index contributed by atoms with van der Waals surface area (Å²) in [4.78, 5) is 23.9. The molecule has 0 fully saturated rings. The highest BCUT2D eigenvalue weighted by Crippen LogP contribution is 2.31. The maximum atomic E-state index is 12.7. The molecular weight excluding hydrogens is 443 g/mol. The zero-order valence-electron chi connectivity index (χ0n) is 14.8. The van der Waals surface area contributed by atoms with Crippen LogP contribution >= 0.6 is 15.9 Å². The zero-order valence-corrected chi connectivity index (χ0v) is 16.3. The molecule has 0 aliphatic heterocycles. The van der Waals surface area contributed by atoms with Gasteiger partial charge >= 0.3 is 12.1 Å². The molecule has 1 amide bonds. The number of amides is 1. The number of methoxy groups -OCH3 is 1. The lowest BCUT2D eigenvalue weighted by Crippen LogP contribution is -2.34. The smallest absolute Gasteiger partial charge is 0.416 e. The Morgan fingerprint density at radius 2 is 1.86 bits per heavy atom. The molecule has 28 heavy (non-hydrogen) atoms. The van der Waals surface area contributed by atoms with Gasteiger partial charge in [-0.15, -0.1) is 0 Å². The third kappa shape index (κ3) is 6.56. The second kappa shape index (κ2) is 9.59. The summed E-state index contributed by atoms with van der Waals surface area (Å²) in [5.41, 5.74) is -0.213. The van der Waals surface area contributed by atoms with Crippen molar-refractivity contribution in [3.63, 3.8) is 0 Å². The first kappa shape index (κ1) is 21.7.